The molecule has 0 saturated heterocycles. The van der Waals surface area contributed by atoms with E-state index in [1.165, 1.54) is 11.3 Å². The van der Waals surface area contributed by atoms with Crippen LogP contribution in [-0.4, -0.2) is 10.9 Å². The number of anilines is 1. The van der Waals surface area contributed by atoms with Crippen molar-refractivity contribution in [3.63, 3.8) is 0 Å². The third-order valence-corrected chi connectivity index (χ3v) is 6.36. The van der Waals surface area contributed by atoms with E-state index in [0.717, 1.165) is 26.6 Å². The van der Waals surface area contributed by atoms with E-state index in [2.05, 4.69) is 0 Å². The molecule has 0 aliphatic carbocycles. The van der Waals surface area contributed by atoms with Crippen molar-refractivity contribution in [3.05, 3.63) is 107 Å². The summed E-state index contributed by atoms with van der Waals surface area (Å²) in [6, 6.07) is 29.5. The zero-order valence-corrected chi connectivity index (χ0v) is 17.5. The zero-order valence-electron chi connectivity index (χ0n) is 16.0. The van der Waals surface area contributed by atoms with Gasteiger partial charge in [0.25, 0.3) is 5.91 Å². The summed E-state index contributed by atoms with van der Waals surface area (Å²) in [6.07, 6.45) is 0. The maximum absolute atomic E-state index is 13.6. The maximum Gasteiger partial charge on any atom is 0.260 e. The molecule has 4 aromatic carbocycles. The van der Waals surface area contributed by atoms with Crippen LogP contribution in [0.1, 0.15) is 15.9 Å². The number of fused-ring (bicyclic) bond motifs is 2. The van der Waals surface area contributed by atoms with Crippen LogP contribution in [0.2, 0.25) is 5.02 Å². The first-order valence-corrected chi connectivity index (χ1v) is 10.8. The molecule has 1 heterocycles. The minimum atomic E-state index is -0.0835. The van der Waals surface area contributed by atoms with E-state index in [-0.39, 0.29) is 5.91 Å². The van der Waals surface area contributed by atoms with Gasteiger partial charge in [0, 0.05) is 5.56 Å². The van der Waals surface area contributed by atoms with Crippen molar-refractivity contribution in [3.8, 4) is 0 Å². The third kappa shape index (κ3) is 3.56. The smallest absolute Gasteiger partial charge is 0.260 e. The van der Waals surface area contributed by atoms with Crippen molar-refractivity contribution >= 4 is 55.0 Å². The number of carbonyl (C=O) groups excluding carboxylic acids is 1. The Morgan fingerprint density at radius 2 is 1.63 bits per heavy atom. The van der Waals surface area contributed by atoms with Crippen molar-refractivity contribution in [2.45, 2.75) is 6.54 Å². The predicted molar refractivity (Wildman–Crippen MR) is 126 cm³/mol. The Balaban J connectivity index is 1.60. The molecule has 0 saturated carbocycles. The lowest BCUT2D eigenvalue weighted by atomic mass is 10.1. The summed E-state index contributed by atoms with van der Waals surface area (Å²) in [5, 5.41) is 3.37. The summed E-state index contributed by atoms with van der Waals surface area (Å²) in [7, 11) is 0. The highest BCUT2D eigenvalue weighted by molar-refractivity contribution is 7.22. The Morgan fingerprint density at radius 3 is 2.43 bits per heavy atom. The molecule has 5 aromatic rings. The number of thiazole rings is 1. The lowest BCUT2D eigenvalue weighted by Crippen LogP contribution is -2.30. The highest BCUT2D eigenvalue weighted by Crippen LogP contribution is 2.34. The number of halogens is 1. The fourth-order valence-corrected chi connectivity index (χ4v) is 4.75. The fourth-order valence-electron chi connectivity index (χ4n) is 3.49. The number of amides is 1. The van der Waals surface area contributed by atoms with Gasteiger partial charge in [-0.15, -0.1) is 0 Å². The topological polar surface area (TPSA) is 33.2 Å². The Bertz CT molecular complexity index is 1360. The van der Waals surface area contributed by atoms with Crippen LogP contribution in [-0.2, 0) is 6.54 Å². The van der Waals surface area contributed by atoms with E-state index < -0.39 is 0 Å². The molecule has 30 heavy (non-hydrogen) atoms. The van der Waals surface area contributed by atoms with Gasteiger partial charge in [-0.2, -0.15) is 0 Å². The summed E-state index contributed by atoms with van der Waals surface area (Å²) in [5.74, 6) is -0.0835. The van der Waals surface area contributed by atoms with Gasteiger partial charge in [-0.05, 0) is 40.6 Å². The van der Waals surface area contributed by atoms with Crippen molar-refractivity contribution in [2.24, 2.45) is 0 Å². The first-order valence-electron chi connectivity index (χ1n) is 9.59. The number of nitrogens with zero attached hydrogens (tertiary/aromatic N) is 2. The van der Waals surface area contributed by atoms with Gasteiger partial charge in [-0.3, -0.25) is 9.69 Å². The van der Waals surface area contributed by atoms with Gasteiger partial charge >= 0.3 is 0 Å². The van der Waals surface area contributed by atoms with Gasteiger partial charge < -0.3 is 0 Å². The highest BCUT2D eigenvalue weighted by Gasteiger charge is 2.22. The number of para-hydroxylation sites is 1. The van der Waals surface area contributed by atoms with E-state index in [1.807, 2.05) is 91.0 Å². The van der Waals surface area contributed by atoms with E-state index in [9.17, 15) is 4.79 Å². The van der Waals surface area contributed by atoms with Gasteiger partial charge in [0.1, 0.15) is 5.52 Å². The highest BCUT2D eigenvalue weighted by atomic mass is 35.5. The number of carbonyl (C=O) groups is 1. The average Bonchev–Trinajstić information content (AvgIpc) is 3.23. The Kier molecular flexibility index (Phi) is 4.95. The van der Waals surface area contributed by atoms with Gasteiger partial charge in [-0.25, -0.2) is 4.98 Å². The summed E-state index contributed by atoms with van der Waals surface area (Å²) in [6.45, 7) is 0.434. The molecular weight excluding hydrogens is 412 g/mol. The molecule has 0 aliphatic rings. The molecular formula is C25H17ClN2OS. The Morgan fingerprint density at radius 1 is 0.867 bits per heavy atom. The van der Waals surface area contributed by atoms with Crippen LogP contribution in [0.25, 0.3) is 21.0 Å². The van der Waals surface area contributed by atoms with Crippen LogP contribution in [0, 0.1) is 0 Å². The molecule has 0 N–H and O–H groups in total. The Hall–Kier alpha value is -3.21. The normalized spacial score (nSPS) is 11.1. The minimum absolute atomic E-state index is 0.0835. The molecule has 0 bridgehead atoms. The summed E-state index contributed by atoms with van der Waals surface area (Å²) in [5.41, 5.74) is 2.40. The molecule has 0 aliphatic heterocycles. The molecule has 5 rings (SSSR count). The van der Waals surface area contributed by atoms with Crippen molar-refractivity contribution in [2.75, 3.05) is 4.90 Å². The molecule has 3 nitrogen and oxygen atoms in total. The summed E-state index contributed by atoms with van der Waals surface area (Å²) >= 11 is 7.81. The van der Waals surface area contributed by atoms with Crippen LogP contribution in [0.4, 0.5) is 5.13 Å². The lowest BCUT2D eigenvalue weighted by molar-refractivity contribution is 0.0985. The molecule has 1 amide bonds. The fraction of sp³-hybridized carbons (Fsp3) is 0.0400. The number of rotatable bonds is 4. The van der Waals surface area contributed by atoms with Crippen molar-refractivity contribution in [1.82, 2.24) is 4.98 Å². The van der Waals surface area contributed by atoms with Crippen LogP contribution in [0.15, 0.2) is 91.0 Å². The average molecular weight is 429 g/mol. The molecule has 0 spiro atoms. The molecule has 0 fully saturated rings. The number of aromatic nitrogens is 1. The van der Waals surface area contributed by atoms with E-state index in [0.29, 0.717) is 22.3 Å². The number of hydrogen-bond donors (Lipinski definition) is 0. The van der Waals surface area contributed by atoms with Crippen molar-refractivity contribution < 1.29 is 4.79 Å². The quantitative estimate of drug-likeness (QED) is 0.310. The second-order valence-corrected chi connectivity index (χ2v) is 8.44. The lowest BCUT2D eigenvalue weighted by Gasteiger charge is -2.20. The van der Waals surface area contributed by atoms with E-state index in [4.69, 9.17) is 16.6 Å². The molecule has 0 unspecified atom stereocenters. The second kappa shape index (κ2) is 7.90. The third-order valence-electron chi connectivity index (χ3n) is 5.01. The number of benzene rings is 4. The van der Waals surface area contributed by atoms with Gasteiger partial charge in [0.15, 0.2) is 5.13 Å². The van der Waals surface area contributed by atoms with Gasteiger partial charge in [-0.1, -0.05) is 89.7 Å². The van der Waals surface area contributed by atoms with Gasteiger partial charge in [0.2, 0.25) is 0 Å². The summed E-state index contributed by atoms with van der Waals surface area (Å²) < 4.78 is 0.960. The molecule has 146 valence electrons. The first kappa shape index (κ1) is 18.8. The van der Waals surface area contributed by atoms with Crippen LogP contribution in [0.5, 0.6) is 0 Å². The van der Waals surface area contributed by atoms with Crippen molar-refractivity contribution in [1.29, 1.82) is 0 Å². The van der Waals surface area contributed by atoms with Crippen LogP contribution in [0.3, 0.4) is 0 Å². The molecule has 0 radical (unpaired) electrons. The van der Waals surface area contributed by atoms with Gasteiger partial charge in [0.05, 0.1) is 16.3 Å². The summed E-state index contributed by atoms with van der Waals surface area (Å²) in [4.78, 5) is 20.1. The minimum Gasteiger partial charge on any atom is -0.279 e. The Labute approximate surface area is 183 Å². The zero-order chi connectivity index (χ0) is 20.5. The maximum atomic E-state index is 13.6. The van der Waals surface area contributed by atoms with E-state index >= 15 is 0 Å². The largest absolute Gasteiger partial charge is 0.279 e. The standard InChI is InChI=1S/C25H17ClN2OS/c26-21-11-6-12-22-23(21)27-25(30-22)28(16-17-7-2-1-3-8-17)24(29)20-14-13-18-9-4-5-10-19(18)15-20/h1-15H,16H2. The molecule has 0 atom stereocenters. The van der Waals surface area contributed by atoms with Crippen LogP contribution >= 0.6 is 22.9 Å². The first-order chi connectivity index (χ1) is 14.7. The predicted octanol–water partition coefficient (Wildman–Crippen LogP) is 6.95. The van der Waals surface area contributed by atoms with E-state index in [1.54, 1.807) is 4.90 Å². The number of hydrogen-bond acceptors (Lipinski definition) is 3. The second-order valence-electron chi connectivity index (χ2n) is 7.02. The molecule has 1 aromatic heterocycles. The monoisotopic (exact) mass is 428 g/mol. The van der Waals surface area contributed by atoms with Crippen LogP contribution < -0.4 is 4.90 Å². The molecule has 5 heteroatoms. The SMILES string of the molecule is O=C(c1ccc2ccccc2c1)N(Cc1ccccc1)c1nc2c(Cl)cccc2s1.